The first kappa shape index (κ1) is 25.7. The molecule has 6 nitrogen and oxygen atoms in total. The number of carbonyl (C=O) groups is 1. The number of nitrogens with one attached hydrogen (secondary N) is 1. The summed E-state index contributed by atoms with van der Waals surface area (Å²) in [5, 5.41) is 2.68. The van der Waals surface area contributed by atoms with Gasteiger partial charge in [-0.1, -0.05) is 45.9 Å². The van der Waals surface area contributed by atoms with Crippen LogP contribution in [0.15, 0.2) is 58.3 Å². The summed E-state index contributed by atoms with van der Waals surface area (Å²) < 4.78 is 26.0. The Bertz CT molecular complexity index is 891. The Kier molecular flexibility index (Phi) is 10.6. The zero-order chi connectivity index (χ0) is 22.7. The van der Waals surface area contributed by atoms with E-state index in [-0.39, 0.29) is 15.7 Å². The van der Waals surface area contributed by atoms with Crippen molar-refractivity contribution in [1.82, 2.24) is 4.90 Å². The van der Waals surface area contributed by atoms with E-state index in [0.717, 1.165) is 31.9 Å². The second-order valence-corrected chi connectivity index (χ2v) is 8.39. The highest BCUT2D eigenvalue weighted by molar-refractivity contribution is 7.91. The molecule has 1 amide bonds. The molecule has 0 saturated carbocycles. The van der Waals surface area contributed by atoms with Gasteiger partial charge < -0.3 is 15.1 Å². The molecule has 0 bridgehead atoms. The number of carbonyl (C=O) groups excluding carboxylic acids is 1. The SMILES string of the molecule is CC.CC.CC(=O)Nc1cc(N2CCN(C)CC2)ccc1S(=O)(=O)c1ccccc1. The van der Waals surface area contributed by atoms with Gasteiger partial charge in [0.1, 0.15) is 0 Å². The second-order valence-electron chi connectivity index (χ2n) is 6.47. The van der Waals surface area contributed by atoms with Crippen LogP contribution in [-0.4, -0.2) is 52.5 Å². The minimum Gasteiger partial charge on any atom is -0.369 e. The molecule has 7 heteroatoms. The zero-order valence-corrected chi connectivity index (χ0v) is 19.8. The van der Waals surface area contributed by atoms with E-state index in [4.69, 9.17) is 0 Å². The van der Waals surface area contributed by atoms with Crippen LogP contribution in [0.5, 0.6) is 0 Å². The Morgan fingerprint density at radius 2 is 1.47 bits per heavy atom. The van der Waals surface area contributed by atoms with Crippen molar-refractivity contribution in [3.8, 4) is 0 Å². The molecule has 0 atom stereocenters. The minimum absolute atomic E-state index is 0.108. The molecule has 0 aliphatic carbocycles. The standard InChI is InChI=1S/C19H23N3O3S.2C2H6/c1-15(23)20-18-14-16(22-12-10-21(2)11-13-22)8-9-19(18)26(24,25)17-6-4-3-5-7-17;2*1-2/h3-9,14H,10-13H2,1-2H3,(H,20,23);2*1-2H3. The highest BCUT2D eigenvalue weighted by Gasteiger charge is 2.23. The van der Waals surface area contributed by atoms with Gasteiger partial charge in [-0.3, -0.25) is 4.79 Å². The van der Waals surface area contributed by atoms with Gasteiger partial charge in [-0.15, -0.1) is 0 Å². The van der Waals surface area contributed by atoms with Crippen LogP contribution < -0.4 is 10.2 Å². The van der Waals surface area contributed by atoms with E-state index < -0.39 is 9.84 Å². The van der Waals surface area contributed by atoms with Crippen LogP contribution in [0.25, 0.3) is 0 Å². The molecular weight excluding hydrogens is 398 g/mol. The van der Waals surface area contributed by atoms with Gasteiger partial charge in [0.25, 0.3) is 0 Å². The van der Waals surface area contributed by atoms with Crippen LogP contribution in [0.3, 0.4) is 0 Å². The topological polar surface area (TPSA) is 69.7 Å². The Hall–Kier alpha value is -2.38. The van der Waals surface area contributed by atoms with E-state index in [1.54, 1.807) is 42.5 Å². The maximum Gasteiger partial charge on any atom is 0.221 e. The Morgan fingerprint density at radius 1 is 0.900 bits per heavy atom. The van der Waals surface area contributed by atoms with Crippen LogP contribution in [0.2, 0.25) is 0 Å². The van der Waals surface area contributed by atoms with E-state index in [0.29, 0.717) is 5.69 Å². The van der Waals surface area contributed by atoms with Crippen molar-refractivity contribution in [2.75, 3.05) is 43.4 Å². The van der Waals surface area contributed by atoms with E-state index in [9.17, 15) is 13.2 Å². The predicted octanol–water partition coefficient (Wildman–Crippen LogP) is 4.28. The molecule has 1 heterocycles. The number of likely N-dealkylation sites (N-methyl/N-ethyl adjacent to an activating group) is 1. The summed E-state index contributed by atoms with van der Waals surface area (Å²) in [4.78, 5) is 16.4. The fourth-order valence-corrected chi connectivity index (χ4v) is 4.44. The molecule has 2 aromatic rings. The summed E-state index contributed by atoms with van der Waals surface area (Å²) >= 11 is 0. The van der Waals surface area contributed by atoms with Crippen molar-refractivity contribution in [2.24, 2.45) is 0 Å². The molecule has 3 rings (SSSR count). The molecule has 30 heavy (non-hydrogen) atoms. The predicted molar refractivity (Wildman–Crippen MR) is 125 cm³/mol. The summed E-state index contributed by atoms with van der Waals surface area (Å²) in [6, 6.07) is 13.4. The first-order chi connectivity index (χ1) is 14.4. The molecule has 1 aliphatic heterocycles. The molecule has 166 valence electrons. The molecule has 0 unspecified atom stereocenters. The molecule has 1 aliphatic rings. The van der Waals surface area contributed by atoms with Gasteiger partial charge in [0.05, 0.1) is 15.5 Å². The molecule has 0 spiro atoms. The van der Waals surface area contributed by atoms with E-state index in [1.165, 1.54) is 6.92 Å². The average Bonchev–Trinajstić information content (AvgIpc) is 2.77. The van der Waals surface area contributed by atoms with Gasteiger partial charge in [-0.05, 0) is 37.4 Å². The number of benzene rings is 2. The molecule has 0 radical (unpaired) electrons. The number of hydrogen-bond donors (Lipinski definition) is 1. The Labute approximate surface area is 181 Å². The van der Waals surface area contributed by atoms with E-state index in [1.807, 2.05) is 33.8 Å². The number of amides is 1. The van der Waals surface area contributed by atoms with Crippen molar-refractivity contribution < 1.29 is 13.2 Å². The van der Waals surface area contributed by atoms with Gasteiger partial charge in [0.15, 0.2) is 0 Å². The van der Waals surface area contributed by atoms with Crippen molar-refractivity contribution in [3.63, 3.8) is 0 Å². The van der Waals surface area contributed by atoms with E-state index in [2.05, 4.69) is 22.2 Å². The lowest BCUT2D eigenvalue weighted by Crippen LogP contribution is -2.44. The Balaban J connectivity index is 0.00000106. The molecule has 1 fully saturated rings. The van der Waals surface area contributed by atoms with Gasteiger partial charge >= 0.3 is 0 Å². The maximum absolute atomic E-state index is 13.0. The van der Waals surface area contributed by atoms with Gasteiger partial charge in [-0.2, -0.15) is 0 Å². The van der Waals surface area contributed by atoms with Gasteiger partial charge in [0, 0.05) is 38.8 Å². The number of sulfone groups is 1. The van der Waals surface area contributed by atoms with Crippen LogP contribution in [-0.2, 0) is 14.6 Å². The van der Waals surface area contributed by atoms with Crippen LogP contribution in [0.1, 0.15) is 34.6 Å². The van der Waals surface area contributed by atoms with Crippen LogP contribution in [0.4, 0.5) is 11.4 Å². The number of nitrogens with zero attached hydrogens (tertiary/aromatic N) is 2. The molecule has 2 aromatic carbocycles. The highest BCUT2D eigenvalue weighted by atomic mass is 32.2. The summed E-state index contributed by atoms with van der Waals surface area (Å²) in [7, 11) is -1.63. The molecular formula is C23H35N3O3S. The fourth-order valence-electron chi connectivity index (χ4n) is 3.03. The van der Waals surface area contributed by atoms with Gasteiger partial charge in [-0.25, -0.2) is 8.42 Å². The van der Waals surface area contributed by atoms with Crippen LogP contribution in [0, 0.1) is 0 Å². The third-order valence-electron chi connectivity index (χ3n) is 4.49. The van der Waals surface area contributed by atoms with Crippen molar-refractivity contribution in [1.29, 1.82) is 0 Å². The zero-order valence-electron chi connectivity index (χ0n) is 19.0. The number of piperazine rings is 1. The average molecular weight is 434 g/mol. The molecule has 1 saturated heterocycles. The number of rotatable bonds is 4. The second kappa shape index (κ2) is 12.3. The lowest BCUT2D eigenvalue weighted by atomic mass is 10.2. The smallest absolute Gasteiger partial charge is 0.221 e. The highest BCUT2D eigenvalue weighted by Crippen LogP contribution is 2.31. The monoisotopic (exact) mass is 433 g/mol. The lowest BCUT2D eigenvalue weighted by Gasteiger charge is -2.34. The van der Waals surface area contributed by atoms with Crippen molar-refractivity contribution >= 4 is 27.1 Å². The largest absolute Gasteiger partial charge is 0.369 e. The van der Waals surface area contributed by atoms with Crippen molar-refractivity contribution in [2.45, 2.75) is 44.4 Å². The summed E-state index contributed by atoms with van der Waals surface area (Å²) in [6.07, 6.45) is 0. The number of anilines is 2. The quantitative estimate of drug-likeness (QED) is 0.779. The summed E-state index contributed by atoms with van der Waals surface area (Å²) in [5.41, 5.74) is 1.23. The maximum atomic E-state index is 13.0. The van der Waals surface area contributed by atoms with E-state index >= 15 is 0 Å². The first-order valence-electron chi connectivity index (χ1n) is 10.5. The lowest BCUT2D eigenvalue weighted by molar-refractivity contribution is -0.114. The summed E-state index contributed by atoms with van der Waals surface area (Å²) in [6.45, 7) is 13.0. The van der Waals surface area contributed by atoms with Crippen molar-refractivity contribution in [3.05, 3.63) is 48.5 Å². The molecule has 1 N–H and O–H groups in total. The third-order valence-corrected chi connectivity index (χ3v) is 6.31. The Morgan fingerprint density at radius 3 is 2.00 bits per heavy atom. The normalized spacial score (nSPS) is 14.0. The number of hydrogen-bond acceptors (Lipinski definition) is 5. The fraction of sp³-hybridized carbons (Fsp3) is 0.435. The van der Waals surface area contributed by atoms with Crippen LogP contribution >= 0.6 is 0 Å². The minimum atomic E-state index is -3.71. The summed E-state index contributed by atoms with van der Waals surface area (Å²) in [5.74, 6) is -0.301. The third kappa shape index (κ3) is 6.57. The molecule has 0 aromatic heterocycles. The first-order valence-corrected chi connectivity index (χ1v) is 12.0. The van der Waals surface area contributed by atoms with Gasteiger partial charge in [0.2, 0.25) is 15.7 Å².